The van der Waals surface area contributed by atoms with E-state index in [1.807, 2.05) is 12.1 Å². The fraction of sp³-hybridized carbons (Fsp3) is 0.188. The van der Waals surface area contributed by atoms with Gasteiger partial charge in [0.2, 0.25) is 5.91 Å². The number of nitrogens with zero attached hydrogens (tertiary/aromatic N) is 2. The maximum Gasteiger partial charge on any atom is 0.270 e. The molecule has 2 amide bonds. The van der Waals surface area contributed by atoms with Crippen molar-refractivity contribution in [2.75, 3.05) is 13.6 Å². The molecule has 0 spiro atoms. The lowest BCUT2D eigenvalue weighted by atomic mass is 10.2. The number of rotatable bonds is 5. The summed E-state index contributed by atoms with van der Waals surface area (Å²) in [6, 6.07) is 10.3. The second-order valence-electron chi connectivity index (χ2n) is 4.92. The Morgan fingerprint density at radius 3 is 2.61 bits per heavy atom. The predicted molar refractivity (Wildman–Crippen MR) is 89.5 cm³/mol. The minimum atomic E-state index is -0.447. The first-order valence-electron chi connectivity index (χ1n) is 6.84. The van der Waals surface area contributed by atoms with Gasteiger partial charge in [-0.2, -0.15) is 0 Å². The molecule has 23 heavy (non-hydrogen) atoms. The van der Waals surface area contributed by atoms with Crippen molar-refractivity contribution in [2.24, 2.45) is 0 Å². The molecule has 0 saturated carbocycles. The fourth-order valence-electron chi connectivity index (χ4n) is 1.91. The summed E-state index contributed by atoms with van der Waals surface area (Å²) in [6.45, 7) is 0.286. The Hall–Kier alpha value is -2.11. The molecular weight excluding hydrogens is 337 g/mol. The molecule has 1 N–H and O–H groups in total. The Bertz CT molecular complexity index is 722. The second kappa shape index (κ2) is 7.94. The van der Waals surface area contributed by atoms with Crippen LogP contribution in [0.15, 0.2) is 42.6 Å². The highest BCUT2D eigenvalue weighted by molar-refractivity contribution is 6.31. The summed E-state index contributed by atoms with van der Waals surface area (Å²) in [4.78, 5) is 29.4. The van der Waals surface area contributed by atoms with Gasteiger partial charge < -0.3 is 10.2 Å². The normalized spacial score (nSPS) is 10.2. The standard InChI is InChI=1S/C16H15Cl2N3O2/c1-21(10-11-3-2-4-12(17)7-11)15(22)9-20-16(23)14-8-13(18)5-6-19-14/h2-8H,9-10H2,1H3,(H,20,23). The van der Waals surface area contributed by atoms with E-state index in [0.29, 0.717) is 16.6 Å². The third-order valence-corrected chi connectivity index (χ3v) is 3.56. The van der Waals surface area contributed by atoms with Crippen molar-refractivity contribution in [1.29, 1.82) is 0 Å². The molecule has 2 rings (SSSR count). The number of halogens is 2. The van der Waals surface area contributed by atoms with Crippen LogP contribution in [0.4, 0.5) is 0 Å². The highest BCUT2D eigenvalue weighted by Crippen LogP contribution is 2.12. The summed E-state index contributed by atoms with van der Waals surface area (Å²) in [7, 11) is 1.66. The van der Waals surface area contributed by atoms with Crippen LogP contribution in [-0.2, 0) is 11.3 Å². The van der Waals surface area contributed by atoms with Crippen LogP contribution in [0.2, 0.25) is 10.0 Å². The number of amides is 2. The van der Waals surface area contributed by atoms with Gasteiger partial charge in [-0.15, -0.1) is 0 Å². The first-order chi connectivity index (χ1) is 11.0. The lowest BCUT2D eigenvalue weighted by molar-refractivity contribution is -0.129. The van der Waals surface area contributed by atoms with Crippen LogP contribution in [0.1, 0.15) is 16.1 Å². The molecular formula is C16H15Cl2N3O2. The summed E-state index contributed by atoms with van der Waals surface area (Å²) in [5.41, 5.74) is 1.08. The van der Waals surface area contributed by atoms with Crippen molar-refractivity contribution >= 4 is 35.0 Å². The van der Waals surface area contributed by atoms with Gasteiger partial charge in [-0.3, -0.25) is 14.6 Å². The lowest BCUT2D eigenvalue weighted by Gasteiger charge is -2.17. The largest absolute Gasteiger partial charge is 0.342 e. The van der Waals surface area contributed by atoms with Crippen LogP contribution in [-0.4, -0.2) is 35.3 Å². The highest BCUT2D eigenvalue weighted by atomic mass is 35.5. The first kappa shape index (κ1) is 17.2. The van der Waals surface area contributed by atoms with Crippen LogP contribution in [0.25, 0.3) is 0 Å². The second-order valence-corrected chi connectivity index (χ2v) is 5.79. The molecule has 0 bridgehead atoms. The zero-order valence-electron chi connectivity index (χ0n) is 12.4. The third kappa shape index (κ3) is 5.23. The van der Waals surface area contributed by atoms with Gasteiger partial charge in [0.05, 0.1) is 6.54 Å². The summed E-state index contributed by atoms with van der Waals surface area (Å²) in [5, 5.41) is 3.55. The van der Waals surface area contributed by atoms with Crippen LogP contribution in [0.5, 0.6) is 0 Å². The number of pyridine rings is 1. The average molecular weight is 352 g/mol. The van der Waals surface area contributed by atoms with Gasteiger partial charge in [0.25, 0.3) is 5.91 Å². The molecule has 2 aromatic rings. The minimum Gasteiger partial charge on any atom is -0.342 e. The molecule has 1 aromatic carbocycles. The zero-order valence-corrected chi connectivity index (χ0v) is 13.9. The monoisotopic (exact) mass is 351 g/mol. The smallest absolute Gasteiger partial charge is 0.270 e. The molecule has 5 nitrogen and oxygen atoms in total. The molecule has 7 heteroatoms. The van der Waals surface area contributed by atoms with Crippen LogP contribution >= 0.6 is 23.2 Å². The van der Waals surface area contributed by atoms with E-state index in [1.54, 1.807) is 25.2 Å². The van der Waals surface area contributed by atoms with Gasteiger partial charge in [-0.05, 0) is 29.8 Å². The summed E-state index contributed by atoms with van der Waals surface area (Å²) < 4.78 is 0. The molecule has 0 aliphatic carbocycles. The van der Waals surface area contributed by atoms with Gasteiger partial charge in [0.15, 0.2) is 0 Å². The van der Waals surface area contributed by atoms with Crippen molar-refractivity contribution in [1.82, 2.24) is 15.2 Å². The van der Waals surface area contributed by atoms with Crippen molar-refractivity contribution in [3.63, 3.8) is 0 Å². The van der Waals surface area contributed by atoms with Crippen LogP contribution < -0.4 is 5.32 Å². The van der Waals surface area contributed by atoms with E-state index in [1.165, 1.54) is 17.2 Å². The fourth-order valence-corrected chi connectivity index (χ4v) is 2.28. The highest BCUT2D eigenvalue weighted by Gasteiger charge is 2.13. The van der Waals surface area contributed by atoms with E-state index in [2.05, 4.69) is 10.3 Å². The van der Waals surface area contributed by atoms with E-state index in [4.69, 9.17) is 23.2 Å². The molecule has 0 atom stereocenters. The number of hydrogen-bond donors (Lipinski definition) is 1. The summed E-state index contributed by atoms with van der Waals surface area (Å²) in [6.07, 6.45) is 1.43. The van der Waals surface area contributed by atoms with Crippen molar-refractivity contribution < 1.29 is 9.59 Å². The zero-order chi connectivity index (χ0) is 16.8. The van der Waals surface area contributed by atoms with Gasteiger partial charge in [-0.1, -0.05) is 35.3 Å². The number of aromatic nitrogens is 1. The van der Waals surface area contributed by atoms with Crippen LogP contribution in [0.3, 0.4) is 0 Å². The molecule has 0 unspecified atom stereocenters. The Kier molecular flexibility index (Phi) is 5.96. The number of hydrogen-bond acceptors (Lipinski definition) is 3. The van der Waals surface area contributed by atoms with Gasteiger partial charge in [0.1, 0.15) is 5.69 Å². The number of carbonyl (C=O) groups excluding carboxylic acids is 2. The summed E-state index contributed by atoms with van der Waals surface area (Å²) in [5.74, 6) is -0.669. The molecule has 0 aliphatic heterocycles. The third-order valence-electron chi connectivity index (χ3n) is 3.09. The first-order valence-corrected chi connectivity index (χ1v) is 7.59. The van der Waals surface area contributed by atoms with E-state index in [-0.39, 0.29) is 18.1 Å². The predicted octanol–water partition coefficient (Wildman–Crippen LogP) is 2.78. The van der Waals surface area contributed by atoms with E-state index in [9.17, 15) is 9.59 Å². The molecule has 0 radical (unpaired) electrons. The Labute approximate surface area is 144 Å². The van der Waals surface area contributed by atoms with Gasteiger partial charge in [-0.25, -0.2) is 0 Å². The van der Waals surface area contributed by atoms with Gasteiger partial charge >= 0.3 is 0 Å². The molecule has 0 saturated heterocycles. The quantitative estimate of drug-likeness (QED) is 0.900. The molecule has 1 aromatic heterocycles. The molecule has 120 valence electrons. The number of likely N-dealkylation sites (N-methyl/N-ethyl adjacent to an activating group) is 1. The average Bonchev–Trinajstić information content (AvgIpc) is 2.52. The number of nitrogens with one attached hydrogen (secondary N) is 1. The van der Waals surface area contributed by atoms with E-state index >= 15 is 0 Å². The van der Waals surface area contributed by atoms with Crippen molar-refractivity contribution in [3.8, 4) is 0 Å². The molecule has 0 fully saturated rings. The Morgan fingerprint density at radius 2 is 1.91 bits per heavy atom. The minimum absolute atomic E-state index is 0.121. The maximum absolute atomic E-state index is 12.1. The van der Waals surface area contributed by atoms with Gasteiger partial charge in [0, 0.05) is 29.8 Å². The Balaban J connectivity index is 1.87. The lowest BCUT2D eigenvalue weighted by Crippen LogP contribution is -2.38. The molecule has 1 heterocycles. The number of carbonyl (C=O) groups is 2. The maximum atomic E-state index is 12.1. The van der Waals surface area contributed by atoms with E-state index in [0.717, 1.165) is 5.56 Å². The van der Waals surface area contributed by atoms with Crippen LogP contribution in [0, 0.1) is 0 Å². The topological polar surface area (TPSA) is 62.3 Å². The molecule has 0 aliphatic rings. The number of benzene rings is 1. The summed E-state index contributed by atoms with van der Waals surface area (Å²) >= 11 is 11.7. The Morgan fingerprint density at radius 1 is 1.17 bits per heavy atom. The van der Waals surface area contributed by atoms with E-state index < -0.39 is 5.91 Å². The van der Waals surface area contributed by atoms with Crippen molar-refractivity contribution in [2.45, 2.75) is 6.54 Å². The van der Waals surface area contributed by atoms with Crippen molar-refractivity contribution in [3.05, 3.63) is 63.9 Å². The SMILES string of the molecule is CN(Cc1cccc(Cl)c1)C(=O)CNC(=O)c1cc(Cl)ccn1.